The van der Waals surface area contributed by atoms with Crippen LogP contribution in [0.4, 0.5) is 0 Å². The Kier molecular flexibility index (Phi) is 11.3. The maximum Gasteiger partial charge on any atom is 0.182 e. The third-order valence-corrected chi connectivity index (χ3v) is 5.25. The van der Waals surface area contributed by atoms with Gasteiger partial charge in [-0.3, -0.25) is 4.48 Å². The van der Waals surface area contributed by atoms with Gasteiger partial charge in [-0.2, -0.15) is 0 Å². The van der Waals surface area contributed by atoms with Gasteiger partial charge in [0.05, 0.1) is 19.4 Å². The normalized spacial score (nSPS) is 24.0. The smallest absolute Gasteiger partial charge is 0.182 e. The number of allylic oxidation sites excluding steroid dienone is 2. The summed E-state index contributed by atoms with van der Waals surface area (Å²) in [5, 5.41) is 9.32. The zero-order valence-electron chi connectivity index (χ0n) is 15.6. The van der Waals surface area contributed by atoms with Gasteiger partial charge in [-0.25, -0.2) is 4.99 Å². The highest BCUT2D eigenvalue weighted by molar-refractivity contribution is 5.60. The molecule has 0 radical (unpaired) electrons. The second kappa shape index (κ2) is 12.7. The summed E-state index contributed by atoms with van der Waals surface area (Å²) in [5.74, 6) is 0. The summed E-state index contributed by atoms with van der Waals surface area (Å²) in [7, 11) is 0. The molecular formula is C20H39N2O+. The fourth-order valence-electron chi connectivity index (χ4n) is 3.57. The summed E-state index contributed by atoms with van der Waals surface area (Å²) in [6.07, 6.45) is 20.2. The molecule has 1 rings (SSSR count). The highest BCUT2D eigenvalue weighted by Crippen LogP contribution is 2.23. The molecule has 0 bridgehead atoms. The van der Waals surface area contributed by atoms with Gasteiger partial charge in [0.1, 0.15) is 13.1 Å². The van der Waals surface area contributed by atoms with Crippen molar-refractivity contribution < 1.29 is 9.59 Å². The zero-order chi connectivity index (χ0) is 16.8. The molecule has 0 aromatic rings. The molecule has 1 aliphatic rings. The van der Waals surface area contributed by atoms with E-state index in [4.69, 9.17) is 0 Å². The monoisotopic (exact) mass is 323 g/mol. The van der Waals surface area contributed by atoms with Crippen LogP contribution in [0.25, 0.3) is 0 Å². The molecule has 0 amide bonds. The molecule has 0 saturated heterocycles. The summed E-state index contributed by atoms with van der Waals surface area (Å²) in [6.45, 7) is 7.68. The minimum Gasteiger partial charge on any atom is -0.391 e. The van der Waals surface area contributed by atoms with E-state index in [-0.39, 0.29) is 6.61 Å². The van der Waals surface area contributed by atoms with Crippen LogP contribution in [-0.2, 0) is 0 Å². The SMILES string of the molecule is CCCCCCC/C=C/CCCCC1N=CC[N+]1(CC)CCO. The Morgan fingerprint density at radius 3 is 2.39 bits per heavy atom. The van der Waals surface area contributed by atoms with E-state index in [0.717, 1.165) is 30.5 Å². The van der Waals surface area contributed by atoms with Crippen molar-refractivity contribution in [2.75, 3.05) is 26.2 Å². The Bertz CT molecular complexity index is 341. The van der Waals surface area contributed by atoms with Crippen molar-refractivity contribution in [1.82, 2.24) is 0 Å². The summed E-state index contributed by atoms with van der Waals surface area (Å²) in [5.41, 5.74) is 0. The second-order valence-corrected chi connectivity index (χ2v) is 6.94. The molecule has 2 unspecified atom stereocenters. The van der Waals surface area contributed by atoms with Crippen LogP contribution in [0.3, 0.4) is 0 Å². The number of hydrogen-bond acceptors (Lipinski definition) is 2. The predicted molar refractivity (Wildman–Crippen MR) is 101 cm³/mol. The summed E-state index contributed by atoms with van der Waals surface area (Å²) in [4.78, 5) is 4.68. The average Bonchev–Trinajstić information content (AvgIpc) is 2.96. The fraction of sp³-hybridized carbons (Fsp3) is 0.850. The van der Waals surface area contributed by atoms with Gasteiger partial charge in [-0.05, 0) is 39.0 Å². The molecule has 23 heavy (non-hydrogen) atoms. The van der Waals surface area contributed by atoms with E-state index in [1.165, 1.54) is 57.8 Å². The average molecular weight is 324 g/mol. The lowest BCUT2D eigenvalue weighted by Gasteiger charge is -2.37. The number of quaternary nitrogens is 1. The molecule has 2 atom stereocenters. The number of rotatable bonds is 14. The quantitative estimate of drug-likeness (QED) is 0.280. The third kappa shape index (κ3) is 7.63. The Morgan fingerprint density at radius 1 is 1.04 bits per heavy atom. The van der Waals surface area contributed by atoms with Crippen molar-refractivity contribution in [2.24, 2.45) is 4.99 Å². The first-order chi connectivity index (χ1) is 11.3. The minimum absolute atomic E-state index is 0.273. The predicted octanol–water partition coefficient (Wildman–Crippen LogP) is 4.70. The molecule has 1 aliphatic heterocycles. The molecule has 0 spiro atoms. The van der Waals surface area contributed by atoms with Crippen molar-refractivity contribution >= 4 is 6.21 Å². The van der Waals surface area contributed by atoms with Gasteiger partial charge in [-0.1, -0.05) is 44.8 Å². The zero-order valence-corrected chi connectivity index (χ0v) is 15.6. The van der Waals surface area contributed by atoms with E-state index >= 15 is 0 Å². The Labute approximate surface area is 144 Å². The lowest BCUT2D eigenvalue weighted by Crippen LogP contribution is -2.53. The topological polar surface area (TPSA) is 32.6 Å². The van der Waals surface area contributed by atoms with Crippen LogP contribution in [0.15, 0.2) is 17.1 Å². The van der Waals surface area contributed by atoms with Crippen molar-refractivity contribution in [2.45, 2.75) is 84.2 Å². The van der Waals surface area contributed by atoms with Crippen LogP contribution in [0, 0.1) is 0 Å². The van der Waals surface area contributed by atoms with Gasteiger partial charge < -0.3 is 5.11 Å². The molecule has 134 valence electrons. The maximum absolute atomic E-state index is 9.32. The van der Waals surface area contributed by atoms with Gasteiger partial charge in [0, 0.05) is 6.42 Å². The van der Waals surface area contributed by atoms with Gasteiger partial charge >= 0.3 is 0 Å². The number of nitrogens with zero attached hydrogens (tertiary/aromatic N) is 2. The van der Waals surface area contributed by atoms with E-state index in [1.807, 2.05) is 0 Å². The third-order valence-electron chi connectivity index (χ3n) is 5.25. The van der Waals surface area contributed by atoms with Crippen molar-refractivity contribution in [3.63, 3.8) is 0 Å². The minimum atomic E-state index is 0.273. The Morgan fingerprint density at radius 2 is 1.74 bits per heavy atom. The Balaban J connectivity index is 2.07. The van der Waals surface area contributed by atoms with E-state index in [2.05, 4.69) is 37.2 Å². The first-order valence-electron chi connectivity index (χ1n) is 9.92. The highest BCUT2D eigenvalue weighted by Gasteiger charge is 2.36. The molecule has 0 saturated carbocycles. The molecule has 1 N–H and O–H groups in total. The number of unbranched alkanes of at least 4 members (excludes halogenated alkanes) is 7. The highest BCUT2D eigenvalue weighted by atomic mass is 16.3. The van der Waals surface area contributed by atoms with Gasteiger partial charge in [0.25, 0.3) is 0 Å². The van der Waals surface area contributed by atoms with Crippen LogP contribution in [0.1, 0.15) is 78.1 Å². The largest absolute Gasteiger partial charge is 0.391 e. The van der Waals surface area contributed by atoms with Crippen molar-refractivity contribution in [1.29, 1.82) is 0 Å². The van der Waals surface area contributed by atoms with E-state index in [0.29, 0.717) is 6.17 Å². The maximum atomic E-state index is 9.32. The molecule has 0 fully saturated rings. The Hall–Kier alpha value is -0.670. The van der Waals surface area contributed by atoms with Gasteiger partial charge in [0.15, 0.2) is 6.17 Å². The molecule has 0 aromatic heterocycles. The van der Waals surface area contributed by atoms with Crippen molar-refractivity contribution in [3.8, 4) is 0 Å². The number of aliphatic imine (C=N–C) groups is 1. The van der Waals surface area contributed by atoms with Crippen LogP contribution in [0.5, 0.6) is 0 Å². The summed E-state index contributed by atoms with van der Waals surface area (Å²) in [6, 6.07) is 0. The summed E-state index contributed by atoms with van der Waals surface area (Å²) < 4.78 is 0.962. The van der Waals surface area contributed by atoms with Gasteiger partial charge in [-0.15, -0.1) is 0 Å². The molecule has 3 heteroatoms. The lowest BCUT2D eigenvalue weighted by atomic mass is 10.1. The fourth-order valence-corrected chi connectivity index (χ4v) is 3.57. The van der Waals surface area contributed by atoms with Crippen molar-refractivity contribution in [3.05, 3.63) is 12.2 Å². The van der Waals surface area contributed by atoms with Crippen LogP contribution < -0.4 is 0 Å². The first-order valence-corrected chi connectivity index (χ1v) is 9.92. The van der Waals surface area contributed by atoms with Gasteiger partial charge in [0.2, 0.25) is 0 Å². The summed E-state index contributed by atoms with van der Waals surface area (Å²) >= 11 is 0. The van der Waals surface area contributed by atoms with E-state index in [1.54, 1.807) is 0 Å². The lowest BCUT2D eigenvalue weighted by molar-refractivity contribution is -0.936. The number of hydrogen-bond donors (Lipinski definition) is 1. The van der Waals surface area contributed by atoms with Crippen LogP contribution >= 0.6 is 0 Å². The van der Waals surface area contributed by atoms with Crippen LogP contribution in [0.2, 0.25) is 0 Å². The van der Waals surface area contributed by atoms with Crippen LogP contribution in [-0.4, -0.2) is 48.2 Å². The number of aliphatic hydroxyl groups is 1. The second-order valence-electron chi connectivity index (χ2n) is 6.94. The molecule has 3 nitrogen and oxygen atoms in total. The standard InChI is InChI=1S/C20H39N2O/c1-3-5-6-7-8-9-10-11-12-13-14-15-20-21-16-17-22(20,4-2)18-19-23/h10-11,16,20,23H,3-9,12-15,17-19H2,1-2H3/q+1/b11-10+. The molecule has 1 heterocycles. The van der Waals surface area contributed by atoms with E-state index in [9.17, 15) is 5.11 Å². The molecule has 0 aromatic carbocycles. The molecular weight excluding hydrogens is 284 g/mol. The first kappa shape index (κ1) is 20.4. The number of likely N-dealkylation sites (N-methyl/N-ethyl adjacent to an activating group) is 1. The molecule has 0 aliphatic carbocycles. The number of aliphatic hydroxyl groups excluding tert-OH is 1. The van der Waals surface area contributed by atoms with E-state index < -0.39 is 0 Å².